The number of anilines is 1. The Morgan fingerprint density at radius 2 is 1.80 bits per heavy atom. The lowest BCUT2D eigenvalue weighted by molar-refractivity contribution is -0.113. The van der Waals surface area contributed by atoms with Crippen molar-refractivity contribution in [2.75, 3.05) is 11.1 Å². The van der Waals surface area contributed by atoms with E-state index in [1.54, 1.807) is 0 Å². The van der Waals surface area contributed by atoms with Gasteiger partial charge in [0.15, 0.2) is 5.16 Å². The third-order valence-corrected chi connectivity index (χ3v) is 7.85. The number of carbonyl (C=O) groups is 1. The number of fused-ring (bicyclic) bond motifs is 1. The van der Waals surface area contributed by atoms with Crippen LogP contribution in [0.25, 0.3) is 10.8 Å². The Morgan fingerprint density at radius 1 is 1.00 bits per heavy atom. The Bertz CT molecular complexity index is 1330. The van der Waals surface area contributed by atoms with Gasteiger partial charge in [-0.25, -0.2) is 0 Å². The van der Waals surface area contributed by atoms with E-state index < -0.39 is 0 Å². The van der Waals surface area contributed by atoms with E-state index >= 15 is 0 Å². The van der Waals surface area contributed by atoms with Gasteiger partial charge < -0.3 is 9.88 Å². The van der Waals surface area contributed by atoms with Crippen LogP contribution >= 0.6 is 11.8 Å². The Labute approximate surface area is 211 Å². The summed E-state index contributed by atoms with van der Waals surface area (Å²) in [5, 5.41) is 15.6. The molecular weight excluding hydrogens is 452 g/mol. The van der Waals surface area contributed by atoms with Crippen LogP contribution in [-0.2, 0) is 11.2 Å². The summed E-state index contributed by atoms with van der Waals surface area (Å²) in [6.45, 7) is 4.05. The van der Waals surface area contributed by atoms with E-state index in [-0.39, 0.29) is 5.91 Å². The Balaban J connectivity index is 1.37. The second kappa shape index (κ2) is 10.6. The number of carbonyl (C=O) groups excluding carboxylic acids is 1. The summed E-state index contributed by atoms with van der Waals surface area (Å²) in [7, 11) is 0. The highest BCUT2D eigenvalue weighted by Gasteiger charge is 2.24. The number of thioether (sulfide) groups is 1. The van der Waals surface area contributed by atoms with Crippen molar-refractivity contribution < 1.29 is 4.79 Å². The monoisotopic (exact) mass is 484 g/mol. The third kappa shape index (κ3) is 5.43. The SMILES string of the molecule is Cc1ccc(C)c(NC(=O)CSc2nnc(Cc3cccc4ccccc34)n2C2CCCCC2)c1. The van der Waals surface area contributed by atoms with Gasteiger partial charge in [-0.1, -0.05) is 85.6 Å². The first-order valence-electron chi connectivity index (χ1n) is 12.5. The number of hydrogen-bond acceptors (Lipinski definition) is 4. The van der Waals surface area contributed by atoms with E-state index in [4.69, 9.17) is 0 Å². The van der Waals surface area contributed by atoms with Gasteiger partial charge >= 0.3 is 0 Å². The Morgan fingerprint density at radius 3 is 2.66 bits per heavy atom. The summed E-state index contributed by atoms with van der Waals surface area (Å²) in [5.74, 6) is 1.29. The molecule has 0 radical (unpaired) electrons. The number of nitrogens with zero attached hydrogens (tertiary/aromatic N) is 3. The highest BCUT2D eigenvalue weighted by molar-refractivity contribution is 7.99. The molecule has 1 aromatic heterocycles. The van der Waals surface area contributed by atoms with Crippen LogP contribution in [0.15, 0.2) is 65.8 Å². The standard InChI is InChI=1S/C29H32N4OS/c1-20-15-16-21(2)26(17-20)30-28(34)19-35-29-32-31-27(33(29)24-12-4-3-5-13-24)18-23-11-8-10-22-9-6-7-14-25(22)23/h6-11,14-17,24H,3-5,12-13,18-19H2,1-2H3,(H,30,34). The zero-order valence-electron chi connectivity index (χ0n) is 20.5. The summed E-state index contributed by atoms with van der Waals surface area (Å²) in [4.78, 5) is 12.8. The highest BCUT2D eigenvalue weighted by atomic mass is 32.2. The van der Waals surface area contributed by atoms with E-state index in [2.05, 4.69) is 68.6 Å². The lowest BCUT2D eigenvalue weighted by Crippen LogP contribution is -2.18. The summed E-state index contributed by atoms with van der Waals surface area (Å²) < 4.78 is 2.33. The molecule has 0 saturated heterocycles. The molecule has 6 heteroatoms. The lowest BCUT2D eigenvalue weighted by Gasteiger charge is -2.25. The highest BCUT2D eigenvalue weighted by Crippen LogP contribution is 2.34. The largest absolute Gasteiger partial charge is 0.325 e. The molecule has 4 aromatic rings. The van der Waals surface area contributed by atoms with Gasteiger partial charge in [-0.05, 0) is 60.2 Å². The Hall–Kier alpha value is -3.12. The predicted octanol–water partition coefficient (Wildman–Crippen LogP) is 6.87. The van der Waals surface area contributed by atoms with Crippen molar-refractivity contribution in [3.05, 3.63) is 83.2 Å². The molecule has 1 saturated carbocycles. The fourth-order valence-electron chi connectivity index (χ4n) is 5.04. The first kappa shape index (κ1) is 23.6. The van der Waals surface area contributed by atoms with E-state index in [0.717, 1.165) is 47.1 Å². The van der Waals surface area contributed by atoms with Crippen LogP contribution in [0.4, 0.5) is 5.69 Å². The summed E-state index contributed by atoms with van der Waals surface area (Å²) in [6, 6.07) is 21.5. The van der Waals surface area contributed by atoms with Gasteiger partial charge in [0.1, 0.15) is 5.82 Å². The van der Waals surface area contributed by atoms with Crippen LogP contribution in [0.2, 0.25) is 0 Å². The topological polar surface area (TPSA) is 59.8 Å². The minimum Gasteiger partial charge on any atom is -0.325 e. The molecule has 0 unspecified atom stereocenters. The normalized spacial score (nSPS) is 14.3. The minimum atomic E-state index is -0.0162. The molecule has 1 heterocycles. The van der Waals surface area contributed by atoms with Crippen molar-refractivity contribution in [2.24, 2.45) is 0 Å². The van der Waals surface area contributed by atoms with Crippen LogP contribution in [0, 0.1) is 13.8 Å². The van der Waals surface area contributed by atoms with Crippen molar-refractivity contribution >= 4 is 34.1 Å². The minimum absolute atomic E-state index is 0.0162. The van der Waals surface area contributed by atoms with Gasteiger partial charge in [0.05, 0.1) is 5.75 Å². The molecule has 5 nitrogen and oxygen atoms in total. The van der Waals surface area contributed by atoms with Crippen LogP contribution < -0.4 is 5.32 Å². The van der Waals surface area contributed by atoms with E-state index in [9.17, 15) is 4.79 Å². The molecule has 0 spiro atoms. The molecule has 180 valence electrons. The van der Waals surface area contributed by atoms with E-state index in [1.165, 1.54) is 47.4 Å². The fraction of sp³-hybridized carbons (Fsp3) is 0.345. The molecule has 1 fully saturated rings. The van der Waals surface area contributed by atoms with Crippen molar-refractivity contribution in [3.8, 4) is 0 Å². The van der Waals surface area contributed by atoms with Gasteiger partial charge in [0.2, 0.25) is 5.91 Å². The van der Waals surface area contributed by atoms with Crippen molar-refractivity contribution in [2.45, 2.75) is 63.6 Å². The molecule has 3 aromatic carbocycles. The first-order valence-corrected chi connectivity index (χ1v) is 13.5. The summed E-state index contributed by atoms with van der Waals surface area (Å²) in [5.41, 5.74) is 4.34. The van der Waals surface area contributed by atoms with Gasteiger partial charge in [0, 0.05) is 18.2 Å². The molecule has 1 aliphatic carbocycles. The maximum Gasteiger partial charge on any atom is 0.234 e. The number of rotatable bonds is 7. The summed E-state index contributed by atoms with van der Waals surface area (Å²) in [6.07, 6.45) is 6.77. The average Bonchev–Trinajstić information content (AvgIpc) is 3.28. The summed E-state index contributed by atoms with van der Waals surface area (Å²) >= 11 is 1.49. The second-order valence-electron chi connectivity index (χ2n) is 9.53. The molecule has 1 aliphatic rings. The van der Waals surface area contributed by atoms with Crippen molar-refractivity contribution in [3.63, 3.8) is 0 Å². The zero-order valence-corrected chi connectivity index (χ0v) is 21.3. The van der Waals surface area contributed by atoms with E-state index in [0.29, 0.717) is 11.8 Å². The Kier molecular flexibility index (Phi) is 7.19. The second-order valence-corrected chi connectivity index (χ2v) is 10.5. The molecular formula is C29H32N4OS. The average molecular weight is 485 g/mol. The van der Waals surface area contributed by atoms with Gasteiger partial charge in [0.25, 0.3) is 0 Å². The molecule has 35 heavy (non-hydrogen) atoms. The van der Waals surface area contributed by atoms with Gasteiger partial charge in [-0.2, -0.15) is 0 Å². The predicted molar refractivity (Wildman–Crippen MR) is 144 cm³/mol. The van der Waals surface area contributed by atoms with Crippen molar-refractivity contribution in [1.82, 2.24) is 14.8 Å². The number of benzene rings is 3. The zero-order chi connectivity index (χ0) is 24.2. The van der Waals surface area contributed by atoms with Gasteiger partial charge in [-0.3, -0.25) is 4.79 Å². The van der Waals surface area contributed by atoms with Crippen LogP contribution in [0.3, 0.4) is 0 Å². The quantitative estimate of drug-likeness (QED) is 0.291. The maximum atomic E-state index is 12.8. The number of amides is 1. The molecule has 1 amide bonds. The van der Waals surface area contributed by atoms with Crippen molar-refractivity contribution in [1.29, 1.82) is 0 Å². The van der Waals surface area contributed by atoms with Crippen LogP contribution in [0.5, 0.6) is 0 Å². The molecule has 0 atom stereocenters. The van der Waals surface area contributed by atoms with E-state index in [1.807, 2.05) is 26.0 Å². The first-order chi connectivity index (χ1) is 17.1. The maximum absolute atomic E-state index is 12.8. The number of nitrogens with one attached hydrogen (secondary N) is 1. The lowest BCUT2D eigenvalue weighted by atomic mass is 9.95. The molecule has 0 bridgehead atoms. The number of aryl methyl sites for hydroxylation is 2. The van der Waals surface area contributed by atoms with Crippen LogP contribution in [0.1, 0.15) is 60.7 Å². The number of hydrogen-bond donors (Lipinski definition) is 1. The molecule has 1 N–H and O–H groups in total. The number of aromatic nitrogens is 3. The molecule has 0 aliphatic heterocycles. The third-order valence-electron chi connectivity index (χ3n) is 6.90. The van der Waals surface area contributed by atoms with Gasteiger partial charge in [-0.15, -0.1) is 10.2 Å². The fourth-order valence-corrected chi connectivity index (χ4v) is 5.86. The van der Waals surface area contributed by atoms with Crippen LogP contribution in [-0.4, -0.2) is 26.4 Å². The molecule has 5 rings (SSSR count). The smallest absolute Gasteiger partial charge is 0.234 e.